The van der Waals surface area contributed by atoms with E-state index in [1.165, 1.54) is 11.8 Å². The van der Waals surface area contributed by atoms with Crippen LogP contribution in [0.4, 0.5) is 0 Å². The summed E-state index contributed by atoms with van der Waals surface area (Å²) >= 11 is 1.39. The van der Waals surface area contributed by atoms with Crippen molar-refractivity contribution in [2.75, 3.05) is 0 Å². The molecule has 0 spiro atoms. The lowest BCUT2D eigenvalue weighted by molar-refractivity contribution is 0.0994. The molecule has 6 heteroatoms. The maximum atomic E-state index is 12.8. The van der Waals surface area contributed by atoms with Crippen LogP contribution in [0.15, 0.2) is 103 Å². The first kappa shape index (κ1) is 22.6. The number of hydrogen-bond acceptors (Lipinski definition) is 5. The van der Waals surface area contributed by atoms with Crippen LogP contribution in [0, 0.1) is 0 Å². The van der Waals surface area contributed by atoms with E-state index in [4.69, 9.17) is 4.74 Å². The lowest BCUT2D eigenvalue weighted by atomic mass is 10.1. The Labute approximate surface area is 198 Å². The number of para-hydroxylation sites is 1. The monoisotopic (exact) mass is 455 g/mol. The Morgan fingerprint density at radius 3 is 2.39 bits per heavy atom. The third kappa shape index (κ3) is 5.41. The molecule has 4 rings (SSSR count). The number of rotatable bonds is 10. The van der Waals surface area contributed by atoms with Gasteiger partial charge >= 0.3 is 0 Å². The second-order valence-corrected chi connectivity index (χ2v) is 8.75. The van der Waals surface area contributed by atoms with Gasteiger partial charge in [-0.2, -0.15) is 0 Å². The van der Waals surface area contributed by atoms with Crippen LogP contribution in [0.2, 0.25) is 0 Å². The van der Waals surface area contributed by atoms with E-state index in [9.17, 15) is 4.79 Å². The summed E-state index contributed by atoms with van der Waals surface area (Å²) in [5, 5.41) is 9.05. The Bertz CT molecular complexity index is 1220. The van der Waals surface area contributed by atoms with Crippen LogP contribution in [0.5, 0.6) is 5.75 Å². The zero-order valence-corrected chi connectivity index (χ0v) is 19.2. The molecule has 0 amide bonds. The third-order valence-corrected chi connectivity index (χ3v) is 6.22. The lowest BCUT2D eigenvalue weighted by Crippen LogP contribution is -2.15. The molecular formula is C27H25N3O2S. The van der Waals surface area contributed by atoms with Gasteiger partial charge in [-0.15, -0.1) is 16.8 Å². The quantitative estimate of drug-likeness (QED) is 0.165. The van der Waals surface area contributed by atoms with E-state index >= 15 is 0 Å². The van der Waals surface area contributed by atoms with Crippen LogP contribution in [0.1, 0.15) is 23.1 Å². The number of hydrogen-bond donors (Lipinski definition) is 0. The first-order chi connectivity index (χ1) is 16.2. The number of carbonyl (C=O) groups is 1. The fraction of sp³-hybridized carbons (Fsp3) is 0.148. The molecule has 1 atom stereocenters. The molecule has 0 aliphatic heterocycles. The fourth-order valence-corrected chi connectivity index (χ4v) is 4.42. The summed E-state index contributed by atoms with van der Waals surface area (Å²) in [4.78, 5) is 12.8. The van der Waals surface area contributed by atoms with Gasteiger partial charge in [-0.25, -0.2) is 0 Å². The standard InChI is InChI=1S/C27H25N3O2S/c1-3-18-30-25(19-32-24-17-11-10-16-23(24)21-12-6-4-7-13-21)28-29-27(30)33-20(2)26(31)22-14-8-5-9-15-22/h3-17,20H,1,18-19H2,2H3/t20-/m0/s1. The van der Waals surface area contributed by atoms with Gasteiger partial charge in [0.1, 0.15) is 12.4 Å². The SMILES string of the molecule is C=CCn1c(COc2ccccc2-c2ccccc2)nnc1S[C@@H](C)C(=O)c1ccccc1. The number of allylic oxidation sites excluding steroid dienone is 1. The molecule has 1 aromatic heterocycles. The van der Waals surface area contributed by atoms with Gasteiger partial charge in [-0.05, 0) is 18.6 Å². The summed E-state index contributed by atoms with van der Waals surface area (Å²) in [7, 11) is 0. The molecule has 0 saturated heterocycles. The average molecular weight is 456 g/mol. The largest absolute Gasteiger partial charge is 0.485 e. The maximum Gasteiger partial charge on any atom is 0.192 e. The number of thioether (sulfide) groups is 1. The van der Waals surface area contributed by atoms with Gasteiger partial charge < -0.3 is 4.74 Å². The molecule has 166 valence electrons. The minimum Gasteiger partial charge on any atom is -0.485 e. The second kappa shape index (κ2) is 10.8. The number of benzene rings is 3. The average Bonchev–Trinajstić information content (AvgIpc) is 3.24. The lowest BCUT2D eigenvalue weighted by Gasteiger charge is -2.13. The fourth-order valence-electron chi connectivity index (χ4n) is 3.47. The van der Waals surface area contributed by atoms with Gasteiger partial charge in [-0.3, -0.25) is 9.36 Å². The van der Waals surface area contributed by atoms with Crippen LogP contribution < -0.4 is 4.74 Å². The molecule has 0 aliphatic rings. The van der Waals surface area contributed by atoms with E-state index in [-0.39, 0.29) is 17.6 Å². The van der Waals surface area contributed by atoms with E-state index in [0.29, 0.717) is 23.1 Å². The van der Waals surface area contributed by atoms with Gasteiger partial charge in [0.05, 0.1) is 5.25 Å². The molecule has 0 radical (unpaired) electrons. The van der Waals surface area contributed by atoms with Crippen LogP contribution in [0.25, 0.3) is 11.1 Å². The molecule has 1 heterocycles. The van der Waals surface area contributed by atoms with Crippen LogP contribution in [-0.4, -0.2) is 25.8 Å². The Hall–Kier alpha value is -3.64. The van der Waals surface area contributed by atoms with Crippen molar-refractivity contribution >= 4 is 17.5 Å². The van der Waals surface area contributed by atoms with Crippen molar-refractivity contribution in [3.05, 3.63) is 109 Å². The smallest absolute Gasteiger partial charge is 0.192 e. The van der Waals surface area contributed by atoms with E-state index in [2.05, 4.69) is 28.9 Å². The number of ketones is 1. The van der Waals surface area contributed by atoms with Crippen molar-refractivity contribution < 1.29 is 9.53 Å². The Kier molecular flexibility index (Phi) is 7.37. The number of nitrogens with zero attached hydrogens (tertiary/aromatic N) is 3. The first-order valence-electron chi connectivity index (χ1n) is 10.7. The predicted molar refractivity (Wildman–Crippen MR) is 133 cm³/mol. The van der Waals surface area contributed by atoms with Crippen molar-refractivity contribution in [1.82, 2.24) is 14.8 Å². The Morgan fingerprint density at radius 1 is 1.00 bits per heavy atom. The highest BCUT2D eigenvalue weighted by molar-refractivity contribution is 8.00. The normalized spacial score (nSPS) is 11.7. The predicted octanol–water partition coefficient (Wildman–Crippen LogP) is 6.07. The van der Waals surface area contributed by atoms with Gasteiger partial charge in [-0.1, -0.05) is 96.7 Å². The van der Waals surface area contributed by atoms with Crippen molar-refractivity contribution in [3.63, 3.8) is 0 Å². The minimum absolute atomic E-state index is 0.0586. The summed E-state index contributed by atoms with van der Waals surface area (Å²) in [6, 6.07) is 27.4. The van der Waals surface area contributed by atoms with E-state index in [1.54, 1.807) is 6.08 Å². The third-order valence-electron chi connectivity index (χ3n) is 5.14. The highest BCUT2D eigenvalue weighted by atomic mass is 32.2. The summed E-state index contributed by atoms with van der Waals surface area (Å²) < 4.78 is 8.11. The maximum absolute atomic E-state index is 12.8. The zero-order chi connectivity index (χ0) is 23.0. The topological polar surface area (TPSA) is 57.0 Å². The van der Waals surface area contributed by atoms with Gasteiger partial charge in [0.15, 0.2) is 16.8 Å². The second-order valence-electron chi connectivity index (χ2n) is 7.44. The van der Waals surface area contributed by atoms with Crippen molar-refractivity contribution in [3.8, 4) is 16.9 Å². The molecule has 0 fully saturated rings. The number of aromatic nitrogens is 3. The molecule has 3 aromatic carbocycles. The van der Waals surface area contributed by atoms with Crippen LogP contribution in [0.3, 0.4) is 0 Å². The number of carbonyl (C=O) groups excluding carboxylic acids is 1. The van der Waals surface area contributed by atoms with Crippen LogP contribution in [-0.2, 0) is 13.2 Å². The van der Waals surface area contributed by atoms with Crippen LogP contribution >= 0.6 is 11.8 Å². The number of ether oxygens (including phenoxy) is 1. The Morgan fingerprint density at radius 2 is 1.67 bits per heavy atom. The summed E-state index contributed by atoms with van der Waals surface area (Å²) in [6.07, 6.45) is 1.79. The van der Waals surface area contributed by atoms with Gasteiger partial charge in [0, 0.05) is 17.7 Å². The molecule has 5 nitrogen and oxygen atoms in total. The zero-order valence-electron chi connectivity index (χ0n) is 18.4. The van der Waals surface area contributed by atoms with E-state index in [1.807, 2.05) is 84.3 Å². The summed E-state index contributed by atoms with van der Waals surface area (Å²) in [6.45, 7) is 6.53. The Balaban J connectivity index is 1.51. The van der Waals surface area contributed by atoms with Crippen molar-refractivity contribution in [2.45, 2.75) is 30.5 Å². The van der Waals surface area contributed by atoms with Gasteiger partial charge in [0.25, 0.3) is 0 Å². The molecule has 0 aliphatic carbocycles. The molecule has 0 saturated carbocycles. The molecule has 0 bridgehead atoms. The van der Waals surface area contributed by atoms with Crippen molar-refractivity contribution in [2.24, 2.45) is 0 Å². The molecule has 4 aromatic rings. The molecule has 33 heavy (non-hydrogen) atoms. The van der Waals surface area contributed by atoms with Crippen molar-refractivity contribution in [1.29, 1.82) is 0 Å². The molecule has 0 unspecified atom stereocenters. The summed E-state index contributed by atoms with van der Waals surface area (Å²) in [5.74, 6) is 1.52. The van der Waals surface area contributed by atoms with E-state index in [0.717, 1.165) is 16.9 Å². The molecular weight excluding hydrogens is 430 g/mol. The minimum atomic E-state index is -0.298. The number of Topliss-reactive ketones (excluding diaryl/α,β-unsaturated/α-hetero) is 1. The highest BCUT2D eigenvalue weighted by Crippen LogP contribution is 2.30. The van der Waals surface area contributed by atoms with E-state index < -0.39 is 0 Å². The molecule has 0 N–H and O–H groups in total. The highest BCUT2D eigenvalue weighted by Gasteiger charge is 2.21. The summed E-state index contributed by atoms with van der Waals surface area (Å²) in [5.41, 5.74) is 2.79. The first-order valence-corrected chi connectivity index (χ1v) is 11.6. The van der Waals surface area contributed by atoms with Gasteiger partial charge in [0.2, 0.25) is 0 Å².